The SMILES string of the molecule is COc1ccc([C@@H]2[C@@H](C(=O)NC3CCCCCC3)CCC(=O)N2c2ccc(OC)cc2)cc1. The third kappa shape index (κ3) is 5.32. The van der Waals surface area contributed by atoms with Crippen molar-refractivity contribution in [1.82, 2.24) is 5.32 Å². The molecule has 2 aromatic carbocycles. The maximum Gasteiger partial charge on any atom is 0.227 e. The van der Waals surface area contributed by atoms with Gasteiger partial charge in [-0.2, -0.15) is 0 Å². The summed E-state index contributed by atoms with van der Waals surface area (Å²) in [5.41, 5.74) is 1.70. The first-order valence-corrected chi connectivity index (χ1v) is 12.0. The first-order valence-electron chi connectivity index (χ1n) is 12.0. The summed E-state index contributed by atoms with van der Waals surface area (Å²) in [6.45, 7) is 0. The van der Waals surface area contributed by atoms with Crippen LogP contribution in [-0.4, -0.2) is 32.1 Å². The average molecular weight is 451 g/mol. The van der Waals surface area contributed by atoms with E-state index in [9.17, 15) is 9.59 Å². The summed E-state index contributed by atoms with van der Waals surface area (Å²) in [5.74, 6) is 1.23. The molecule has 0 spiro atoms. The summed E-state index contributed by atoms with van der Waals surface area (Å²) in [6.07, 6.45) is 7.76. The largest absolute Gasteiger partial charge is 0.497 e. The average Bonchev–Trinajstić information content (AvgIpc) is 3.12. The third-order valence-corrected chi connectivity index (χ3v) is 6.94. The molecule has 1 saturated heterocycles. The Morgan fingerprint density at radius 3 is 2.00 bits per heavy atom. The van der Waals surface area contributed by atoms with Gasteiger partial charge in [0.2, 0.25) is 11.8 Å². The Kier molecular flexibility index (Phi) is 7.53. The molecule has 2 atom stereocenters. The van der Waals surface area contributed by atoms with Gasteiger partial charge in [0.25, 0.3) is 0 Å². The zero-order valence-corrected chi connectivity index (χ0v) is 19.6. The number of carbonyl (C=O) groups is 2. The number of hydrogen-bond acceptors (Lipinski definition) is 4. The van der Waals surface area contributed by atoms with Crippen molar-refractivity contribution >= 4 is 17.5 Å². The van der Waals surface area contributed by atoms with Crippen molar-refractivity contribution in [2.45, 2.75) is 63.5 Å². The van der Waals surface area contributed by atoms with Crippen LogP contribution in [0.15, 0.2) is 48.5 Å². The van der Waals surface area contributed by atoms with Crippen LogP contribution in [0.25, 0.3) is 0 Å². The first-order chi connectivity index (χ1) is 16.1. The van der Waals surface area contributed by atoms with Crippen LogP contribution in [0, 0.1) is 5.92 Å². The van der Waals surface area contributed by atoms with E-state index >= 15 is 0 Å². The minimum Gasteiger partial charge on any atom is -0.497 e. The van der Waals surface area contributed by atoms with Crippen molar-refractivity contribution in [2.24, 2.45) is 5.92 Å². The number of rotatable bonds is 6. The summed E-state index contributed by atoms with van der Waals surface area (Å²) >= 11 is 0. The summed E-state index contributed by atoms with van der Waals surface area (Å²) in [6, 6.07) is 15.0. The maximum atomic E-state index is 13.6. The molecule has 6 heteroatoms. The topological polar surface area (TPSA) is 67.9 Å². The van der Waals surface area contributed by atoms with Crippen molar-refractivity contribution in [3.63, 3.8) is 0 Å². The molecule has 1 heterocycles. The van der Waals surface area contributed by atoms with Gasteiger partial charge < -0.3 is 19.7 Å². The molecule has 0 bridgehead atoms. The highest BCUT2D eigenvalue weighted by Crippen LogP contribution is 2.41. The molecule has 2 amide bonds. The smallest absolute Gasteiger partial charge is 0.227 e. The number of anilines is 1. The van der Waals surface area contributed by atoms with E-state index in [4.69, 9.17) is 9.47 Å². The fourth-order valence-electron chi connectivity index (χ4n) is 5.13. The molecular formula is C27H34N2O4. The Hall–Kier alpha value is -3.02. The van der Waals surface area contributed by atoms with Crippen LogP contribution >= 0.6 is 0 Å². The van der Waals surface area contributed by atoms with E-state index in [1.54, 1.807) is 19.1 Å². The Bertz CT molecular complexity index is 934. The lowest BCUT2D eigenvalue weighted by molar-refractivity contribution is -0.130. The number of carbonyl (C=O) groups excluding carboxylic acids is 2. The van der Waals surface area contributed by atoms with Crippen molar-refractivity contribution in [1.29, 1.82) is 0 Å². The Labute approximate surface area is 196 Å². The molecule has 4 rings (SSSR count). The molecule has 2 fully saturated rings. The molecule has 33 heavy (non-hydrogen) atoms. The molecule has 2 aromatic rings. The van der Waals surface area contributed by atoms with Gasteiger partial charge in [-0.15, -0.1) is 0 Å². The molecule has 1 saturated carbocycles. The Morgan fingerprint density at radius 1 is 0.848 bits per heavy atom. The van der Waals surface area contributed by atoms with Crippen LogP contribution in [0.1, 0.15) is 63.0 Å². The number of nitrogens with one attached hydrogen (secondary N) is 1. The van der Waals surface area contributed by atoms with Crippen molar-refractivity contribution in [3.05, 3.63) is 54.1 Å². The molecule has 6 nitrogen and oxygen atoms in total. The van der Waals surface area contributed by atoms with Gasteiger partial charge in [0.1, 0.15) is 11.5 Å². The van der Waals surface area contributed by atoms with Gasteiger partial charge in [-0.3, -0.25) is 9.59 Å². The minimum absolute atomic E-state index is 0.0273. The van der Waals surface area contributed by atoms with E-state index in [-0.39, 0.29) is 29.8 Å². The molecule has 1 aliphatic heterocycles. The second-order valence-electron chi connectivity index (χ2n) is 9.02. The first kappa shape index (κ1) is 23.1. The quantitative estimate of drug-likeness (QED) is 0.627. The molecule has 176 valence electrons. The molecule has 1 N–H and O–H groups in total. The van der Waals surface area contributed by atoms with Crippen molar-refractivity contribution < 1.29 is 19.1 Å². The van der Waals surface area contributed by atoms with Crippen molar-refractivity contribution in [3.8, 4) is 11.5 Å². The van der Waals surface area contributed by atoms with Crippen LogP contribution in [-0.2, 0) is 9.59 Å². The summed E-state index contributed by atoms with van der Waals surface area (Å²) < 4.78 is 10.6. The minimum atomic E-state index is -0.378. The fraction of sp³-hybridized carbons (Fsp3) is 0.481. The predicted molar refractivity (Wildman–Crippen MR) is 129 cm³/mol. The second-order valence-corrected chi connectivity index (χ2v) is 9.02. The van der Waals surface area contributed by atoms with Gasteiger partial charge in [0.15, 0.2) is 0 Å². The zero-order valence-electron chi connectivity index (χ0n) is 19.6. The number of methoxy groups -OCH3 is 2. The fourth-order valence-corrected chi connectivity index (χ4v) is 5.13. The van der Waals surface area contributed by atoms with Crippen LogP contribution < -0.4 is 19.7 Å². The Morgan fingerprint density at radius 2 is 1.42 bits per heavy atom. The van der Waals surface area contributed by atoms with Crippen LogP contribution in [0.2, 0.25) is 0 Å². The lowest BCUT2D eigenvalue weighted by Crippen LogP contribution is -2.50. The predicted octanol–water partition coefficient (Wildman–Crippen LogP) is 5.03. The van der Waals surface area contributed by atoms with E-state index in [0.717, 1.165) is 48.4 Å². The summed E-state index contributed by atoms with van der Waals surface area (Å²) in [7, 11) is 3.25. The molecule has 1 aliphatic carbocycles. The normalized spacial score (nSPS) is 21.9. The number of nitrogens with zero attached hydrogens (tertiary/aromatic N) is 1. The lowest BCUT2D eigenvalue weighted by Gasteiger charge is -2.41. The van der Waals surface area contributed by atoms with E-state index in [0.29, 0.717) is 12.8 Å². The van der Waals surface area contributed by atoms with Crippen LogP contribution in [0.3, 0.4) is 0 Å². The van der Waals surface area contributed by atoms with Crippen LogP contribution in [0.4, 0.5) is 5.69 Å². The summed E-state index contributed by atoms with van der Waals surface area (Å²) in [4.78, 5) is 28.6. The summed E-state index contributed by atoms with van der Waals surface area (Å²) in [5, 5.41) is 3.33. The van der Waals surface area contributed by atoms with E-state index in [2.05, 4.69) is 5.32 Å². The van der Waals surface area contributed by atoms with Gasteiger partial charge in [0.05, 0.1) is 26.2 Å². The number of benzene rings is 2. The number of hydrogen-bond donors (Lipinski definition) is 1. The monoisotopic (exact) mass is 450 g/mol. The lowest BCUT2D eigenvalue weighted by atomic mass is 9.82. The van der Waals surface area contributed by atoms with Gasteiger partial charge in [-0.1, -0.05) is 37.8 Å². The highest BCUT2D eigenvalue weighted by atomic mass is 16.5. The molecule has 2 aliphatic rings. The van der Waals surface area contributed by atoms with Gasteiger partial charge in [-0.25, -0.2) is 0 Å². The second kappa shape index (κ2) is 10.7. The van der Waals surface area contributed by atoms with Crippen molar-refractivity contribution in [2.75, 3.05) is 19.1 Å². The maximum absolute atomic E-state index is 13.6. The molecular weight excluding hydrogens is 416 g/mol. The number of amides is 2. The molecule has 0 aromatic heterocycles. The van der Waals surface area contributed by atoms with Gasteiger partial charge in [-0.05, 0) is 61.2 Å². The van der Waals surface area contributed by atoms with Gasteiger partial charge >= 0.3 is 0 Å². The van der Waals surface area contributed by atoms with Gasteiger partial charge in [0, 0.05) is 18.2 Å². The van der Waals surface area contributed by atoms with E-state index in [1.165, 1.54) is 12.8 Å². The number of piperidine rings is 1. The third-order valence-electron chi connectivity index (χ3n) is 6.94. The Balaban J connectivity index is 1.67. The van der Waals surface area contributed by atoms with E-state index < -0.39 is 0 Å². The number of ether oxygens (including phenoxy) is 2. The highest BCUT2D eigenvalue weighted by Gasteiger charge is 2.41. The highest BCUT2D eigenvalue weighted by molar-refractivity contribution is 5.97. The standard InChI is InChI=1S/C27H34N2O4/c1-32-22-13-9-19(10-14-22)26-24(27(31)28-20-7-5-3-4-6-8-20)17-18-25(30)29(26)21-11-15-23(33-2)16-12-21/h9-16,20,24,26H,3-8,17-18H2,1-2H3,(H,28,31)/t24-,26+/m0/s1. The van der Waals surface area contributed by atoms with Crippen LogP contribution in [0.5, 0.6) is 11.5 Å². The zero-order chi connectivity index (χ0) is 23.2. The van der Waals surface area contributed by atoms with E-state index in [1.807, 2.05) is 48.5 Å². The molecule has 0 radical (unpaired) electrons. The molecule has 0 unspecified atom stereocenters.